The number of methoxy groups -OCH3 is 1. The predicted octanol–water partition coefficient (Wildman–Crippen LogP) is 7.38. The van der Waals surface area contributed by atoms with E-state index in [-0.39, 0.29) is 24.2 Å². The molecule has 30 heavy (non-hydrogen) atoms. The van der Waals surface area contributed by atoms with Gasteiger partial charge in [-0.05, 0) is 50.7 Å². The number of unbranched alkanes of at least 4 members (excludes halogenated alkanes) is 1. The van der Waals surface area contributed by atoms with E-state index < -0.39 is 11.7 Å². The minimum Gasteiger partial charge on any atom is -0.498 e. The molecule has 0 aromatic heterocycles. The molecule has 1 aliphatic heterocycles. The third-order valence-corrected chi connectivity index (χ3v) is 5.24. The molecule has 0 spiro atoms. The van der Waals surface area contributed by atoms with Crippen LogP contribution in [0.4, 0.5) is 8.78 Å². The Kier molecular flexibility index (Phi) is 12.4. The van der Waals surface area contributed by atoms with Crippen LogP contribution in [0.15, 0.2) is 47.4 Å². The highest BCUT2D eigenvalue weighted by Gasteiger charge is 2.24. The number of rotatable bonds is 9. The van der Waals surface area contributed by atoms with Gasteiger partial charge in [0.15, 0.2) is 11.7 Å². The fourth-order valence-electron chi connectivity index (χ4n) is 3.22. The van der Waals surface area contributed by atoms with Gasteiger partial charge in [-0.3, -0.25) is 0 Å². The van der Waals surface area contributed by atoms with Gasteiger partial charge < -0.3 is 14.2 Å². The zero-order valence-electron chi connectivity index (χ0n) is 19.4. The molecule has 1 heterocycles. The fraction of sp³-hybridized carbons (Fsp3) is 0.600. The Morgan fingerprint density at radius 2 is 1.67 bits per heavy atom. The third-order valence-electron chi connectivity index (χ3n) is 5.24. The summed E-state index contributed by atoms with van der Waals surface area (Å²) in [4.78, 5) is 0. The highest BCUT2D eigenvalue weighted by Crippen LogP contribution is 2.29. The van der Waals surface area contributed by atoms with Crippen LogP contribution in [0.2, 0.25) is 0 Å². The van der Waals surface area contributed by atoms with Gasteiger partial charge in [-0.2, -0.15) is 8.78 Å². The van der Waals surface area contributed by atoms with Gasteiger partial charge in [0, 0.05) is 5.92 Å². The fourth-order valence-corrected chi connectivity index (χ4v) is 3.22. The van der Waals surface area contributed by atoms with E-state index in [9.17, 15) is 8.78 Å². The van der Waals surface area contributed by atoms with Gasteiger partial charge >= 0.3 is 0 Å². The molecule has 0 saturated carbocycles. The highest BCUT2D eigenvalue weighted by atomic mass is 19.2. The summed E-state index contributed by atoms with van der Waals surface area (Å²) in [6.07, 6.45) is 5.25. The molecule has 2 unspecified atom stereocenters. The summed E-state index contributed by atoms with van der Waals surface area (Å²) in [5.74, 6) is -1.90. The van der Waals surface area contributed by atoms with E-state index in [0.717, 1.165) is 19.3 Å². The highest BCUT2D eigenvalue weighted by molar-refractivity contribution is 5.26. The number of ether oxygens (including phenoxy) is 3. The Bertz CT molecular complexity index is 672. The van der Waals surface area contributed by atoms with Crippen LogP contribution in [0.25, 0.3) is 0 Å². The maximum absolute atomic E-state index is 14.0. The summed E-state index contributed by atoms with van der Waals surface area (Å²) in [5.41, 5.74) is 2.67. The van der Waals surface area contributed by atoms with Gasteiger partial charge in [0.05, 0.1) is 19.8 Å². The Morgan fingerprint density at radius 1 is 1.03 bits per heavy atom. The Hall–Kier alpha value is -1.88. The summed E-state index contributed by atoms with van der Waals surface area (Å²) in [6, 6.07) is 8.82. The lowest BCUT2D eigenvalue weighted by Gasteiger charge is -2.29. The number of allylic oxidation sites excluding steroid dienone is 4. The van der Waals surface area contributed by atoms with Gasteiger partial charge in [-0.25, -0.2) is 0 Å². The maximum Gasteiger partial charge on any atom is 0.199 e. The molecular weight excluding hydrogens is 386 g/mol. The van der Waals surface area contributed by atoms with Crippen molar-refractivity contribution in [3.05, 3.63) is 58.6 Å². The second-order valence-electron chi connectivity index (χ2n) is 7.33. The van der Waals surface area contributed by atoms with E-state index in [1.807, 2.05) is 13.8 Å². The van der Waals surface area contributed by atoms with Crippen LogP contribution in [-0.2, 0) is 20.6 Å². The predicted molar refractivity (Wildman–Crippen MR) is 119 cm³/mol. The first-order chi connectivity index (χ1) is 14.5. The second-order valence-corrected chi connectivity index (χ2v) is 7.33. The van der Waals surface area contributed by atoms with Crippen molar-refractivity contribution in [1.82, 2.24) is 0 Å². The van der Waals surface area contributed by atoms with Gasteiger partial charge in [0.2, 0.25) is 0 Å². The Labute approximate surface area is 181 Å². The van der Waals surface area contributed by atoms with E-state index in [2.05, 4.69) is 31.2 Å². The zero-order chi connectivity index (χ0) is 22.5. The van der Waals surface area contributed by atoms with Crippen molar-refractivity contribution < 1.29 is 23.0 Å². The van der Waals surface area contributed by atoms with Crippen LogP contribution in [0.5, 0.6) is 0 Å². The molecule has 3 nitrogen and oxygen atoms in total. The van der Waals surface area contributed by atoms with Crippen molar-refractivity contribution in [2.24, 2.45) is 0 Å². The minimum absolute atomic E-state index is 0.0951. The molecule has 1 aromatic rings. The number of halogens is 2. The van der Waals surface area contributed by atoms with Crippen LogP contribution in [-0.4, -0.2) is 26.4 Å². The standard InChI is InChI=1S/C23H32F2O3.C2H6/c1-5-6-7-18-8-10-19(11-9-18)20-12-13-21(28-14-20)15-27-17(3)23(25)22(24)16(2)26-4;1-2/h8-11,20-21H,5-7,12-15H2,1-4H3;1-2H3/b22-16-,23-17-;. The first-order valence-electron chi connectivity index (χ1n) is 11.1. The van der Waals surface area contributed by atoms with Crippen LogP contribution in [0.1, 0.15) is 77.3 Å². The normalized spacial score (nSPS) is 20.4. The van der Waals surface area contributed by atoms with Crippen LogP contribution in [0.3, 0.4) is 0 Å². The molecule has 0 aliphatic carbocycles. The molecule has 5 heteroatoms. The summed E-state index contributed by atoms with van der Waals surface area (Å²) >= 11 is 0. The summed E-state index contributed by atoms with van der Waals surface area (Å²) < 4.78 is 43.7. The van der Waals surface area contributed by atoms with Crippen molar-refractivity contribution in [1.29, 1.82) is 0 Å². The van der Waals surface area contributed by atoms with Gasteiger partial charge in [-0.15, -0.1) is 0 Å². The summed E-state index contributed by atoms with van der Waals surface area (Å²) in [6.45, 7) is 9.80. The monoisotopic (exact) mass is 424 g/mol. The van der Waals surface area contributed by atoms with E-state index in [0.29, 0.717) is 12.5 Å². The molecule has 0 radical (unpaired) electrons. The third kappa shape index (κ3) is 8.10. The molecule has 1 fully saturated rings. The Morgan fingerprint density at radius 3 is 2.20 bits per heavy atom. The van der Waals surface area contributed by atoms with Crippen molar-refractivity contribution in [3.8, 4) is 0 Å². The summed E-state index contributed by atoms with van der Waals surface area (Å²) in [5, 5.41) is 0. The molecule has 1 saturated heterocycles. The number of aryl methyl sites for hydroxylation is 1. The zero-order valence-corrected chi connectivity index (χ0v) is 19.4. The number of hydrogen-bond donors (Lipinski definition) is 0. The largest absolute Gasteiger partial charge is 0.498 e. The van der Waals surface area contributed by atoms with E-state index in [1.165, 1.54) is 44.9 Å². The molecule has 1 aromatic carbocycles. The molecular formula is C25H38F2O3. The van der Waals surface area contributed by atoms with Crippen molar-refractivity contribution in [2.75, 3.05) is 20.3 Å². The van der Waals surface area contributed by atoms with Crippen LogP contribution < -0.4 is 0 Å². The van der Waals surface area contributed by atoms with Gasteiger partial charge in [0.25, 0.3) is 0 Å². The van der Waals surface area contributed by atoms with Crippen molar-refractivity contribution >= 4 is 0 Å². The lowest BCUT2D eigenvalue weighted by Crippen LogP contribution is -2.28. The number of hydrogen-bond acceptors (Lipinski definition) is 3. The van der Waals surface area contributed by atoms with Crippen molar-refractivity contribution in [3.63, 3.8) is 0 Å². The van der Waals surface area contributed by atoms with E-state index >= 15 is 0 Å². The molecule has 2 rings (SSSR count). The topological polar surface area (TPSA) is 27.7 Å². The Balaban J connectivity index is 0.00000218. The molecule has 1 aliphatic rings. The maximum atomic E-state index is 14.0. The van der Waals surface area contributed by atoms with Gasteiger partial charge in [0.1, 0.15) is 18.1 Å². The molecule has 0 amide bonds. The lowest BCUT2D eigenvalue weighted by atomic mass is 9.90. The molecule has 2 atom stereocenters. The quantitative estimate of drug-likeness (QED) is 0.306. The SMILES string of the molecule is CC.CCCCc1ccc(C2CCC(CO/C(C)=C(F)/C(F)=C(\C)OC)OC2)cc1. The van der Waals surface area contributed by atoms with Crippen LogP contribution >= 0.6 is 0 Å². The average Bonchev–Trinajstić information content (AvgIpc) is 2.81. The van der Waals surface area contributed by atoms with Crippen LogP contribution in [0, 0.1) is 0 Å². The number of benzene rings is 1. The van der Waals surface area contributed by atoms with E-state index in [4.69, 9.17) is 14.2 Å². The van der Waals surface area contributed by atoms with E-state index in [1.54, 1.807) is 0 Å². The molecule has 0 bridgehead atoms. The average molecular weight is 425 g/mol. The lowest BCUT2D eigenvalue weighted by molar-refractivity contribution is -0.0354. The first kappa shape index (κ1) is 26.2. The minimum atomic E-state index is -1.04. The molecule has 0 N–H and O–H groups in total. The van der Waals surface area contributed by atoms with Crippen molar-refractivity contribution in [2.45, 2.75) is 78.7 Å². The smallest absolute Gasteiger partial charge is 0.199 e. The molecule has 170 valence electrons. The second kappa shape index (κ2) is 14.2. The summed E-state index contributed by atoms with van der Waals surface area (Å²) in [7, 11) is 1.30. The van der Waals surface area contributed by atoms with Gasteiger partial charge in [-0.1, -0.05) is 51.5 Å². The first-order valence-corrected chi connectivity index (χ1v) is 11.1.